The van der Waals surface area contributed by atoms with Crippen molar-refractivity contribution >= 4 is 5.78 Å². The fourth-order valence-electron chi connectivity index (χ4n) is 1.13. The molecule has 0 radical (unpaired) electrons. The lowest BCUT2D eigenvalue weighted by Crippen LogP contribution is -2.14. The molecule has 0 aliphatic rings. The van der Waals surface area contributed by atoms with E-state index in [1.807, 2.05) is 6.08 Å². The molecule has 14 heavy (non-hydrogen) atoms. The van der Waals surface area contributed by atoms with Gasteiger partial charge < -0.3 is 10.5 Å². The van der Waals surface area contributed by atoms with E-state index in [0.717, 1.165) is 25.7 Å². The zero-order chi connectivity index (χ0) is 10.6. The second kappa shape index (κ2) is 10.4. The summed E-state index contributed by atoms with van der Waals surface area (Å²) >= 11 is 0. The first-order chi connectivity index (χ1) is 6.81. The molecule has 0 aromatic carbocycles. The third-order valence-electron chi connectivity index (χ3n) is 1.89. The Balaban J connectivity index is 3.14. The van der Waals surface area contributed by atoms with Crippen molar-refractivity contribution in [1.29, 1.82) is 0 Å². The maximum Gasteiger partial charge on any atom is 0.158 e. The zero-order valence-corrected chi connectivity index (χ0v) is 8.84. The monoisotopic (exact) mass is 199 g/mol. The van der Waals surface area contributed by atoms with Crippen LogP contribution in [0.4, 0.5) is 0 Å². The third-order valence-corrected chi connectivity index (χ3v) is 1.89. The second-order valence-corrected chi connectivity index (χ2v) is 3.27. The number of allylic oxidation sites excluding steroid dienone is 1. The standard InChI is InChI=1S/C11H21NO2/c1-2-3-4-5-6-7-11(13)10-14-9-8-12/h2H,1,3-10,12H2. The van der Waals surface area contributed by atoms with Crippen LogP contribution in [-0.2, 0) is 9.53 Å². The van der Waals surface area contributed by atoms with Crippen LogP contribution in [-0.4, -0.2) is 25.5 Å². The summed E-state index contributed by atoms with van der Waals surface area (Å²) in [5.41, 5.74) is 5.22. The van der Waals surface area contributed by atoms with Gasteiger partial charge in [-0.1, -0.05) is 12.5 Å². The van der Waals surface area contributed by atoms with Gasteiger partial charge in [0.15, 0.2) is 5.78 Å². The molecule has 0 unspecified atom stereocenters. The molecule has 3 heteroatoms. The van der Waals surface area contributed by atoms with E-state index >= 15 is 0 Å². The normalized spacial score (nSPS) is 10.1. The van der Waals surface area contributed by atoms with Gasteiger partial charge in [0, 0.05) is 13.0 Å². The lowest BCUT2D eigenvalue weighted by atomic mass is 10.1. The molecule has 0 aromatic rings. The number of hydrogen-bond acceptors (Lipinski definition) is 3. The summed E-state index contributed by atoms with van der Waals surface area (Å²) in [6, 6.07) is 0. The smallest absolute Gasteiger partial charge is 0.158 e. The van der Waals surface area contributed by atoms with Gasteiger partial charge in [-0.2, -0.15) is 0 Å². The first-order valence-electron chi connectivity index (χ1n) is 5.21. The predicted molar refractivity (Wildman–Crippen MR) is 58.2 cm³/mol. The largest absolute Gasteiger partial charge is 0.372 e. The predicted octanol–water partition coefficient (Wildman–Crippen LogP) is 1.67. The summed E-state index contributed by atoms with van der Waals surface area (Å²) in [5, 5.41) is 0. The van der Waals surface area contributed by atoms with Crippen LogP contribution in [0, 0.1) is 0 Å². The van der Waals surface area contributed by atoms with E-state index in [-0.39, 0.29) is 12.4 Å². The Morgan fingerprint density at radius 1 is 1.36 bits per heavy atom. The van der Waals surface area contributed by atoms with Crippen LogP contribution >= 0.6 is 0 Å². The lowest BCUT2D eigenvalue weighted by molar-refractivity contribution is -0.123. The zero-order valence-electron chi connectivity index (χ0n) is 8.84. The molecule has 0 aliphatic heterocycles. The Morgan fingerprint density at radius 2 is 2.14 bits per heavy atom. The van der Waals surface area contributed by atoms with Gasteiger partial charge in [-0.3, -0.25) is 4.79 Å². The van der Waals surface area contributed by atoms with Crippen LogP contribution in [0.5, 0.6) is 0 Å². The van der Waals surface area contributed by atoms with Crippen molar-refractivity contribution in [3.63, 3.8) is 0 Å². The highest BCUT2D eigenvalue weighted by molar-refractivity contribution is 5.79. The van der Waals surface area contributed by atoms with Gasteiger partial charge in [0.05, 0.1) is 6.61 Å². The summed E-state index contributed by atoms with van der Waals surface area (Å²) in [7, 11) is 0. The average Bonchev–Trinajstić information content (AvgIpc) is 2.18. The number of unbranched alkanes of at least 4 members (excludes halogenated alkanes) is 3. The minimum atomic E-state index is 0.178. The van der Waals surface area contributed by atoms with Crippen LogP contribution < -0.4 is 5.73 Å². The van der Waals surface area contributed by atoms with E-state index in [9.17, 15) is 4.79 Å². The molecule has 0 heterocycles. The summed E-state index contributed by atoms with van der Waals surface area (Å²) < 4.78 is 5.03. The maximum absolute atomic E-state index is 11.2. The van der Waals surface area contributed by atoms with Gasteiger partial charge in [-0.15, -0.1) is 6.58 Å². The lowest BCUT2D eigenvalue weighted by Gasteiger charge is -2.01. The van der Waals surface area contributed by atoms with E-state index in [0.29, 0.717) is 19.6 Å². The fourth-order valence-corrected chi connectivity index (χ4v) is 1.13. The van der Waals surface area contributed by atoms with Gasteiger partial charge in [-0.25, -0.2) is 0 Å². The Kier molecular flexibility index (Phi) is 9.91. The third kappa shape index (κ3) is 9.42. The highest BCUT2D eigenvalue weighted by atomic mass is 16.5. The molecule has 0 amide bonds. The summed E-state index contributed by atoms with van der Waals surface area (Å²) in [5.74, 6) is 0.178. The molecule has 0 bridgehead atoms. The van der Waals surface area contributed by atoms with Crippen LogP contribution in [0.25, 0.3) is 0 Å². The molecule has 0 atom stereocenters. The number of carbonyl (C=O) groups is 1. The molecule has 82 valence electrons. The molecule has 0 rings (SSSR count). The number of Topliss-reactive ketones (excluding diaryl/α,β-unsaturated/α-hetero) is 1. The summed E-state index contributed by atoms with van der Waals surface area (Å²) in [4.78, 5) is 11.2. The van der Waals surface area contributed by atoms with Gasteiger partial charge in [-0.05, 0) is 19.3 Å². The molecule has 0 saturated heterocycles. The Labute approximate surface area is 86.3 Å². The SMILES string of the molecule is C=CCCCCCC(=O)COCCN. The van der Waals surface area contributed by atoms with E-state index in [2.05, 4.69) is 6.58 Å². The van der Waals surface area contributed by atoms with Crippen molar-refractivity contribution in [2.24, 2.45) is 5.73 Å². The first-order valence-corrected chi connectivity index (χ1v) is 5.21. The number of ether oxygens (including phenoxy) is 1. The minimum Gasteiger partial charge on any atom is -0.372 e. The average molecular weight is 199 g/mol. The summed E-state index contributed by atoms with van der Waals surface area (Å²) in [6.07, 6.45) is 6.75. The molecule has 0 saturated carbocycles. The van der Waals surface area contributed by atoms with Gasteiger partial charge >= 0.3 is 0 Å². The van der Waals surface area contributed by atoms with Crippen molar-refractivity contribution < 1.29 is 9.53 Å². The van der Waals surface area contributed by atoms with Gasteiger partial charge in [0.1, 0.15) is 6.61 Å². The number of hydrogen-bond donors (Lipinski definition) is 1. The van der Waals surface area contributed by atoms with Crippen molar-refractivity contribution in [2.45, 2.75) is 32.1 Å². The number of ketones is 1. The number of nitrogens with two attached hydrogens (primary N) is 1. The summed E-state index contributed by atoms with van der Waals surface area (Å²) in [6.45, 7) is 4.82. The topological polar surface area (TPSA) is 52.3 Å². The van der Waals surface area contributed by atoms with Crippen LogP contribution in [0.3, 0.4) is 0 Å². The minimum absolute atomic E-state index is 0.178. The molecular formula is C11H21NO2. The Hall–Kier alpha value is -0.670. The Bertz CT molecular complexity index is 157. The number of rotatable bonds is 10. The molecule has 0 aromatic heterocycles. The Morgan fingerprint density at radius 3 is 2.79 bits per heavy atom. The molecule has 0 fully saturated rings. The molecule has 0 aliphatic carbocycles. The van der Waals surface area contributed by atoms with E-state index < -0.39 is 0 Å². The van der Waals surface area contributed by atoms with Crippen LogP contribution in [0.2, 0.25) is 0 Å². The van der Waals surface area contributed by atoms with Crippen molar-refractivity contribution in [1.82, 2.24) is 0 Å². The van der Waals surface area contributed by atoms with Crippen molar-refractivity contribution in [2.75, 3.05) is 19.8 Å². The maximum atomic E-state index is 11.2. The van der Waals surface area contributed by atoms with Gasteiger partial charge in [0.25, 0.3) is 0 Å². The quantitative estimate of drug-likeness (QED) is 0.430. The fraction of sp³-hybridized carbons (Fsp3) is 0.727. The second-order valence-electron chi connectivity index (χ2n) is 3.27. The van der Waals surface area contributed by atoms with Crippen molar-refractivity contribution in [3.05, 3.63) is 12.7 Å². The van der Waals surface area contributed by atoms with Gasteiger partial charge in [0.2, 0.25) is 0 Å². The van der Waals surface area contributed by atoms with E-state index in [4.69, 9.17) is 10.5 Å². The van der Waals surface area contributed by atoms with E-state index in [1.165, 1.54) is 0 Å². The highest BCUT2D eigenvalue weighted by Crippen LogP contribution is 2.03. The highest BCUT2D eigenvalue weighted by Gasteiger charge is 2.00. The van der Waals surface area contributed by atoms with Crippen molar-refractivity contribution in [3.8, 4) is 0 Å². The van der Waals surface area contributed by atoms with Crippen LogP contribution in [0.15, 0.2) is 12.7 Å². The molecular weight excluding hydrogens is 178 g/mol. The molecule has 3 nitrogen and oxygen atoms in total. The molecule has 2 N–H and O–H groups in total. The van der Waals surface area contributed by atoms with Crippen LogP contribution in [0.1, 0.15) is 32.1 Å². The first kappa shape index (κ1) is 13.3. The number of carbonyl (C=O) groups excluding carboxylic acids is 1. The van der Waals surface area contributed by atoms with E-state index in [1.54, 1.807) is 0 Å². The molecule has 0 spiro atoms.